The van der Waals surface area contributed by atoms with Gasteiger partial charge in [-0.3, -0.25) is 9.59 Å². The number of hydrogen-bond donors (Lipinski definition) is 1. The van der Waals surface area contributed by atoms with Crippen molar-refractivity contribution >= 4 is 39.9 Å². The van der Waals surface area contributed by atoms with E-state index < -0.39 is 0 Å². The Labute approximate surface area is 167 Å². The van der Waals surface area contributed by atoms with E-state index in [1.807, 2.05) is 0 Å². The number of aromatic nitrogens is 2. The molecule has 0 spiro atoms. The van der Waals surface area contributed by atoms with E-state index in [4.69, 9.17) is 11.6 Å². The van der Waals surface area contributed by atoms with E-state index in [0.717, 1.165) is 24.3 Å². The fourth-order valence-corrected chi connectivity index (χ4v) is 4.09. The smallest absolute Gasteiger partial charge is 0.255 e. The zero-order valence-corrected chi connectivity index (χ0v) is 16.9. The third-order valence-corrected chi connectivity index (χ3v) is 5.93. The van der Waals surface area contributed by atoms with Crippen molar-refractivity contribution in [2.75, 3.05) is 18.4 Å². The Balaban J connectivity index is 1.51. The fraction of sp³-hybridized carbons (Fsp3) is 0.474. The summed E-state index contributed by atoms with van der Waals surface area (Å²) in [5.74, 6) is -0.245. The van der Waals surface area contributed by atoms with Crippen LogP contribution < -0.4 is 5.32 Å². The van der Waals surface area contributed by atoms with E-state index in [2.05, 4.69) is 22.4 Å². The number of carbonyl (C=O) groups excluding carboxylic acids is 2. The Morgan fingerprint density at radius 3 is 2.70 bits per heavy atom. The molecule has 1 N–H and O–H groups in total. The zero-order valence-electron chi connectivity index (χ0n) is 15.3. The molecule has 27 heavy (non-hydrogen) atoms. The molecule has 1 aliphatic heterocycles. The van der Waals surface area contributed by atoms with Gasteiger partial charge in [-0.2, -0.15) is 0 Å². The van der Waals surface area contributed by atoms with Gasteiger partial charge in [0, 0.05) is 25.4 Å². The van der Waals surface area contributed by atoms with Crippen LogP contribution in [0.25, 0.3) is 0 Å². The number of unbranched alkanes of at least 4 members (excludes halogenated alkanes) is 1. The van der Waals surface area contributed by atoms with Crippen molar-refractivity contribution in [2.45, 2.75) is 39.0 Å². The summed E-state index contributed by atoms with van der Waals surface area (Å²) in [6, 6.07) is 7.05. The van der Waals surface area contributed by atoms with E-state index in [-0.39, 0.29) is 17.7 Å². The van der Waals surface area contributed by atoms with Gasteiger partial charge in [-0.25, -0.2) is 0 Å². The van der Waals surface area contributed by atoms with Gasteiger partial charge in [0.1, 0.15) is 5.01 Å². The Bertz CT molecular complexity index is 803. The molecule has 2 amide bonds. The minimum absolute atomic E-state index is 0.0435. The van der Waals surface area contributed by atoms with Crippen molar-refractivity contribution < 1.29 is 9.59 Å². The molecule has 1 fully saturated rings. The van der Waals surface area contributed by atoms with Gasteiger partial charge in [-0.15, -0.1) is 10.2 Å². The molecule has 0 aliphatic carbocycles. The minimum atomic E-state index is -0.122. The number of anilines is 1. The lowest BCUT2D eigenvalue weighted by Crippen LogP contribution is -2.41. The first kappa shape index (κ1) is 19.8. The Morgan fingerprint density at radius 1 is 1.26 bits per heavy atom. The molecule has 144 valence electrons. The molecular formula is C19H23ClN4O2S. The van der Waals surface area contributed by atoms with Gasteiger partial charge >= 0.3 is 0 Å². The summed E-state index contributed by atoms with van der Waals surface area (Å²) in [5, 5.41) is 13.0. The number of likely N-dealkylation sites (tertiary alicyclic amines) is 1. The molecule has 0 unspecified atom stereocenters. The monoisotopic (exact) mass is 406 g/mol. The Hall–Kier alpha value is -1.99. The predicted octanol–water partition coefficient (Wildman–Crippen LogP) is 4.03. The molecule has 1 aromatic heterocycles. The second kappa shape index (κ2) is 9.28. The van der Waals surface area contributed by atoms with E-state index >= 15 is 0 Å². The highest BCUT2D eigenvalue weighted by atomic mass is 35.5. The number of benzene rings is 1. The number of hydrogen-bond acceptors (Lipinski definition) is 5. The molecule has 8 heteroatoms. The van der Waals surface area contributed by atoms with Gasteiger partial charge in [-0.1, -0.05) is 48.4 Å². The lowest BCUT2D eigenvalue weighted by molar-refractivity contribution is -0.121. The van der Waals surface area contributed by atoms with Crippen LogP contribution in [-0.4, -0.2) is 40.0 Å². The van der Waals surface area contributed by atoms with Crippen molar-refractivity contribution in [3.05, 3.63) is 39.9 Å². The number of rotatable bonds is 6. The summed E-state index contributed by atoms with van der Waals surface area (Å²) in [5.41, 5.74) is 0.510. The van der Waals surface area contributed by atoms with Crippen molar-refractivity contribution in [2.24, 2.45) is 5.92 Å². The third-order valence-electron chi connectivity index (χ3n) is 4.70. The van der Waals surface area contributed by atoms with E-state index in [0.29, 0.717) is 41.6 Å². The van der Waals surface area contributed by atoms with Crippen LogP contribution in [0.5, 0.6) is 0 Å². The van der Waals surface area contributed by atoms with E-state index in [1.54, 1.807) is 29.2 Å². The second-order valence-corrected chi connectivity index (χ2v) is 8.11. The quantitative estimate of drug-likeness (QED) is 0.785. The van der Waals surface area contributed by atoms with Crippen LogP contribution in [0, 0.1) is 5.92 Å². The topological polar surface area (TPSA) is 75.2 Å². The average molecular weight is 407 g/mol. The zero-order chi connectivity index (χ0) is 19.2. The second-order valence-electron chi connectivity index (χ2n) is 6.64. The predicted molar refractivity (Wildman–Crippen MR) is 107 cm³/mol. The fourth-order valence-electron chi connectivity index (χ4n) is 3.09. The normalized spacial score (nSPS) is 15.0. The molecule has 1 aromatic carbocycles. The number of aryl methyl sites for hydroxylation is 1. The molecule has 6 nitrogen and oxygen atoms in total. The molecule has 1 aliphatic rings. The number of carbonyl (C=O) groups is 2. The summed E-state index contributed by atoms with van der Waals surface area (Å²) >= 11 is 7.55. The first-order valence-corrected chi connectivity index (χ1v) is 10.4. The Kier molecular flexibility index (Phi) is 6.79. The van der Waals surface area contributed by atoms with Crippen molar-refractivity contribution in [1.82, 2.24) is 15.1 Å². The van der Waals surface area contributed by atoms with Crippen molar-refractivity contribution in [1.29, 1.82) is 0 Å². The molecule has 2 aromatic rings. The number of piperidine rings is 1. The van der Waals surface area contributed by atoms with Crippen LogP contribution in [0.1, 0.15) is 48.0 Å². The van der Waals surface area contributed by atoms with Crippen LogP contribution in [0.4, 0.5) is 5.13 Å². The van der Waals surface area contributed by atoms with Crippen LogP contribution in [0.3, 0.4) is 0 Å². The van der Waals surface area contributed by atoms with Crippen LogP contribution in [0.2, 0.25) is 5.02 Å². The van der Waals surface area contributed by atoms with Gasteiger partial charge in [0.15, 0.2) is 0 Å². The maximum Gasteiger partial charge on any atom is 0.255 e. The number of halogens is 1. The van der Waals surface area contributed by atoms with Gasteiger partial charge in [0.05, 0.1) is 10.6 Å². The maximum atomic E-state index is 12.6. The number of nitrogens with zero attached hydrogens (tertiary/aromatic N) is 3. The van der Waals surface area contributed by atoms with Crippen molar-refractivity contribution in [3.63, 3.8) is 0 Å². The van der Waals surface area contributed by atoms with E-state index in [1.165, 1.54) is 11.3 Å². The molecule has 0 radical (unpaired) electrons. The highest BCUT2D eigenvalue weighted by Crippen LogP contribution is 2.24. The number of nitrogens with one attached hydrogen (secondary N) is 1. The summed E-state index contributed by atoms with van der Waals surface area (Å²) in [6.07, 6.45) is 4.33. The molecule has 0 saturated carbocycles. The average Bonchev–Trinajstić information content (AvgIpc) is 3.13. The van der Waals surface area contributed by atoms with Gasteiger partial charge in [-0.05, 0) is 31.4 Å². The minimum Gasteiger partial charge on any atom is -0.339 e. The van der Waals surface area contributed by atoms with Gasteiger partial charge in [0.2, 0.25) is 11.0 Å². The maximum absolute atomic E-state index is 12.6. The SMILES string of the molecule is CCCCc1nnc(NC(=O)C2CCN(C(=O)c3ccccc3Cl)CC2)s1. The Morgan fingerprint density at radius 2 is 2.00 bits per heavy atom. The lowest BCUT2D eigenvalue weighted by Gasteiger charge is -2.31. The first-order chi connectivity index (χ1) is 13.1. The first-order valence-electron chi connectivity index (χ1n) is 9.25. The molecule has 1 saturated heterocycles. The lowest BCUT2D eigenvalue weighted by atomic mass is 9.95. The largest absolute Gasteiger partial charge is 0.339 e. The molecular weight excluding hydrogens is 384 g/mol. The van der Waals surface area contributed by atoms with Crippen LogP contribution >= 0.6 is 22.9 Å². The third kappa shape index (κ3) is 5.05. The summed E-state index contributed by atoms with van der Waals surface area (Å²) in [4.78, 5) is 26.9. The summed E-state index contributed by atoms with van der Waals surface area (Å²) < 4.78 is 0. The highest BCUT2D eigenvalue weighted by molar-refractivity contribution is 7.15. The van der Waals surface area contributed by atoms with E-state index in [9.17, 15) is 9.59 Å². The summed E-state index contributed by atoms with van der Waals surface area (Å²) in [6.45, 7) is 3.21. The van der Waals surface area contributed by atoms with Gasteiger partial charge in [0.25, 0.3) is 5.91 Å². The van der Waals surface area contributed by atoms with Crippen LogP contribution in [-0.2, 0) is 11.2 Å². The standard InChI is InChI=1S/C19H23ClN4O2S/c1-2-3-8-16-22-23-19(27-16)21-17(25)13-9-11-24(12-10-13)18(26)14-6-4-5-7-15(14)20/h4-7,13H,2-3,8-12H2,1H3,(H,21,23,25). The highest BCUT2D eigenvalue weighted by Gasteiger charge is 2.29. The molecule has 0 bridgehead atoms. The van der Waals surface area contributed by atoms with Crippen LogP contribution in [0.15, 0.2) is 24.3 Å². The van der Waals surface area contributed by atoms with Crippen molar-refractivity contribution in [3.8, 4) is 0 Å². The molecule has 0 atom stereocenters. The van der Waals surface area contributed by atoms with Gasteiger partial charge < -0.3 is 10.2 Å². The molecule has 3 rings (SSSR count). The molecule has 2 heterocycles. The summed E-state index contributed by atoms with van der Waals surface area (Å²) in [7, 11) is 0. The number of amides is 2.